The van der Waals surface area contributed by atoms with E-state index < -0.39 is 0 Å². The highest BCUT2D eigenvalue weighted by Gasteiger charge is 2.23. The number of halogens is 2. The lowest BCUT2D eigenvalue weighted by Crippen LogP contribution is -2.48. The maximum Gasteiger partial charge on any atom is 0.226 e. The van der Waals surface area contributed by atoms with Gasteiger partial charge in [0.2, 0.25) is 5.91 Å². The average Bonchev–Trinajstić information content (AvgIpc) is 2.76. The van der Waals surface area contributed by atoms with Crippen molar-refractivity contribution >= 4 is 24.0 Å². The van der Waals surface area contributed by atoms with Crippen LogP contribution in [0.15, 0.2) is 48.5 Å². The molecule has 2 heterocycles. The van der Waals surface area contributed by atoms with Crippen LogP contribution in [0.25, 0.3) is 0 Å². The summed E-state index contributed by atoms with van der Waals surface area (Å²) in [6.45, 7) is 7.87. The fourth-order valence-corrected chi connectivity index (χ4v) is 4.55. The molecular weight excluding hydrogens is 427 g/mol. The first-order chi connectivity index (χ1) is 15.0. The van der Waals surface area contributed by atoms with Gasteiger partial charge in [-0.3, -0.25) is 9.69 Å². The molecule has 2 saturated heterocycles. The Labute approximate surface area is 196 Å². The van der Waals surface area contributed by atoms with Gasteiger partial charge in [0.1, 0.15) is 5.82 Å². The summed E-state index contributed by atoms with van der Waals surface area (Å²) in [6.07, 6.45) is 2.21. The SMILES string of the molecule is C[C@H]1CN(Cc2ccc(CC(=O)N3CCC(Nc4cccc(F)c4)CC3)cc2)CCN1.Cl. The molecule has 2 aromatic rings. The van der Waals surface area contributed by atoms with Crippen LogP contribution in [-0.2, 0) is 17.8 Å². The molecule has 2 fully saturated rings. The van der Waals surface area contributed by atoms with Crippen LogP contribution in [0.4, 0.5) is 10.1 Å². The standard InChI is InChI=1S/C25H33FN4O.ClH/c1-19-17-29(14-11-27-19)18-21-7-5-20(6-8-21)15-25(31)30-12-9-23(10-13-30)28-24-4-2-3-22(26)16-24;/h2-8,16,19,23,27-28H,9-15,17-18H2,1H3;1H/t19-;/m0./s1. The fourth-order valence-electron chi connectivity index (χ4n) is 4.55. The normalized spacial score (nSPS) is 19.9. The lowest BCUT2D eigenvalue weighted by molar-refractivity contribution is -0.131. The van der Waals surface area contributed by atoms with E-state index >= 15 is 0 Å². The lowest BCUT2D eigenvalue weighted by Gasteiger charge is -2.33. The summed E-state index contributed by atoms with van der Waals surface area (Å²) in [5.74, 6) is -0.0426. The highest BCUT2D eigenvalue weighted by molar-refractivity contribution is 5.85. The molecule has 2 N–H and O–H groups in total. The van der Waals surface area contributed by atoms with Crippen molar-refractivity contribution in [1.29, 1.82) is 0 Å². The zero-order valence-corrected chi connectivity index (χ0v) is 19.5. The molecule has 0 aromatic heterocycles. The predicted octanol–water partition coefficient (Wildman–Crippen LogP) is 3.69. The lowest BCUT2D eigenvalue weighted by atomic mass is 10.0. The molecule has 7 heteroatoms. The minimum Gasteiger partial charge on any atom is -0.382 e. The molecule has 2 aliphatic heterocycles. The molecule has 0 spiro atoms. The smallest absolute Gasteiger partial charge is 0.226 e. The molecule has 2 aromatic carbocycles. The van der Waals surface area contributed by atoms with Crippen molar-refractivity contribution in [3.05, 3.63) is 65.5 Å². The van der Waals surface area contributed by atoms with Crippen LogP contribution in [0, 0.1) is 5.82 Å². The zero-order valence-electron chi connectivity index (χ0n) is 18.7. The van der Waals surface area contributed by atoms with E-state index in [0.717, 1.165) is 63.4 Å². The first-order valence-electron chi connectivity index (χ1n) is 11.4. The van der Waals surface area contributed by atoms with Gasteiger partial charge in [-0.15, -0.1) is 12.4 Å². The third kappa shape index (κ3) is 6.92. The number of anilines is 1. The third-order valence-corrected chi connectivity index (χ3v) is 6.28. The van der Waals surface area contributed by atoms with Gasteiger partial charge in [0, 0.05) is 57.0 Å². The summed E-state index contributed by atoms with van der Waals surface area (Å²) in [5.41, 5.74) is 3.18. The van der Waals surface area contributed by atoms with Gasteiger partial charge >= 0.3 is 0 Å². The minimum absolute atomic E-state index is 0. The number of benzene rings is 2. The summed E-state index contributed by atoms with van der Waals surface area (Å²) in [5, 5.41) is 6.86. The van der Waals surface area contributed by atoms with Gasteiger partial charge < -0.3 is 15.5 Å². The van der Waals surface area contributed by atoms with Gasteiger partial charge in [-0.05, 0) is 49.1 Å². The molecule has 0 bridgehead atoms. The number of nitrogens with one attached hydrogen (secondary N) is 2. The number of carbonyl (C=O) groups excluding carboxylic acids is 1. The van der Waals surface area contributed by atoms with Gasteiger partial charge in [0.15, 0.2) is 0 Å². The number of hydrogen-bond acceptors (Lipinski definition) is 4. The Bertz CT molecular complexity index is 871. The van der Waals surface area contributed by atoms with Crippen LogP contribution in [0.3, 0.4) is 0 Å². The molecular formula is C25H34ClFN4O. The highest BCUT2D eigenvalue weighted by atomic mass is 35.5. The van der Waals surface area contributed by atoms with E-state index in [0.29, 0.717) is 12.5 Å². The van der Waals surface area contributed by atoms with E-state index in [4.69, 9.17) is 0 Å². The number of rotatable bonds is 6. The Morgan fingerprint density at radius 3 is 2.50 bits per heavy atom. The first-order valence-corrected chi connectivity index (χ1v) is 11.4. The zero-order chi connectivity index (χ0) is 21.6. The van der Waals surface area contributed by atoms with Crippen molar-refractivity contribution < 1.29 is 9.18 Å². The average molecular weight is 461 g/mol. The van der Waals surface area contributed by atoms with Crippen molar-refractivity contribution in [2.75, 3.05) is 38.0 Å². The van der Waals surface area contributed by atoms with Crippen LogP contribution >= 0.6 is 12.4 Å². The minimum atomic E-state index is -0.230. The highest BCUT2D eigenvalue weighted by Crippen LogP contribution is 2.18. The molecule has 1 atom stereocenters. The summed E-state index contributed by atoms with van der Waals surface area (Å²) in [7, 11) is 0. The van der Waals surface area contributed by atoms with Gasteiger partial charge in [-0.2, -0.15) is 0 Å². The number of amides is 1. The van der Waals surface area contributed by atoms with Crippen LogP contribution in [0.5, 0.6) is 0 Å². The van der Waals surface area contributed by atoms with E-state index in [-0.39, 0.29) is 30.2 Å². The van der Waals surface area contributed by atoms with Crippen LogP contribution in [0.1, 0.15) is 30.9 Å². The number of nitrogens with zero attached hydrogens (tertiary/aromatic N) is 2. The maximum absolute atomic E-state index is 13.4. The topological polar surface area (TPSA) is 47.6 Å². The molecule has 0 aliphatic carbocycles. The summed E-state index contributed by atoms with van der Waals surface area (Å²) in [6, 6.07) is 15.9. The molecule has 32 heavy (non-hydrogen) atoms. The Morgan fingerprint density at radius 1 is 1.09 bits per heavy atom. The summed E-state index contributed by atoms with van der Waals surface area (Å²) < 4.78 is 13.4. The number of piperazine rings is 1. The predicted molar refractivity (Wildman–Crippen MR) is 130 cm³/mol. The molecule has 4 rings (SSSR count). The number of likely N-dealkylation sites (tertiary alicyclic amines) is 1. The van der Waals surface area contributed by atoms with E-state index in [1.54, 1.807) is 6.07 Å². The third-order valence-electron chi connectivity index (χ3n) is 6.28. The molecule has 174 valence electrons. The van der Waals surface area contributed by atoms with Gasteiger partial charge in [-0.25, -0.2) is 4.39 Å². The van der Waals surface area contributed by atoms with Crippen molar-refractivity contribution in [3.63, 3.8) is 0 Å². The van der Waals surface area contributed by atoms with Crippen LogP contribution in [0.2, 0.25) is 0 Å². The second-order valence-corrected chi connectivity index (χ2v) is 8.89. The van der Waals surface area contributed by atoms with Crippen LogP contribution < -0.4 is 10.6 Å². The van der Waals surface area contributed by atoms with E-state index in [2.05, 4.69) is 46.7 Å². The summed E-state index contributed by atoms with van der Waals surface area (Å²) in [4.78, 5) is 17.2. The largest absolute Gasteiger partial charge is 0.382 e. The molecule has 5 nitrogen and oxygen atoms in total. The molecule has 1 amide bonds. The van der Waals surface area contributed by atoms with E-state index in [1.807, 2.05) is 11.0 Å². The van der Waals surface area contributed by atoms with Gasteiger partial charge in [-0.1, -0.05) is 30.3 Å². The Hall–Kier alpha value is -2.15. The number of hydrogen-bond donors (Lipinski definition) is 2. The summed E-state index contributed by atoms with van der Waals surface area (Å²) >= 11 is 0. The van der Waals surface area contributed by atoms with Crippen molar-refractivity contribution in [3.8, 4) is 0 Å². The number of piperidine rings is 1. The second kappa shape index (κ2) is 11.6. The quantitative estimate of drug-likeness (QED) is 0.690. The first kappa shape index (κ1) is 24.5. The van der Waals surface area contributed by atoms with Crippen molar-refractivity contribution in [2.45, 2.75) is 44.8 Å². The van der Waals surface area contributed by atoms with Gasteiger partial charge in [0.25, 0.3) is 0 Å². The Morgan fingerprint density at radius 2 is 1.81 bits per heavy atom. The second-order valence-electron chi connectivity index (χ2n) is 8.89. The molecule has 0 saturated carbocycles. The monoisotopic (exact) mass is 460 g/mol. The molecule has 0 unspecified atom stereocenters. The fraction of sp³-hybridized carbons (Fsp3) is 0.480. The Balaban J connectivity index is 0.00000289. The van der Waals surface area contributed by atoms with E-state index in [1.165, 1.54) is 17.7 Å². The van der Waals surface area contributed by atoms with Crippen molar-refractivity contribution in [1.82, 2.24) is 15.1 Å². The maximum atomic E-state index is 13.4. The number of carbonyl (C=O) groups is 1. The van der Waals surface area contributed by atoms with Crippen molar-refractivity contribution in [2.24, 2.45) is 0 Å². The van der Waals surface area contributed by atoms with E-state index in [9.17, 15) is 9.18 Å². The molecule has 2 aliphatic rings. The van der Waals surface area contributed by atoms with Gasteiger partial charge in [0.05, 0.1) is 6.42 Å². The van der Waals surface area contributed by atoms with Crippen LogP contribution in [-0.4, -0.2) is 60.5 Å². The Kier molecular flexibility index (Phi) is 8.91. The molecule has 0 radical (unpaired) electrons.